The molecule has 0 aromatic heterocycles. The van der Waals surface area contributed by atoms with Crippen molar-refractivity contribution in [1.82, 2.24) is 5.32 Å². The van der Waals surface area contributed by atoms with Gasteiger partial charge >= 0.3 is 5.97 Å². The zero-order chi connectivity index (χ0) is 12.8. The molecule has 0 amide bonds. The average molecular weight is 237 g/mol. The van der Waals surface area contributed by atoms with Gasteiger partial charge in [-0.1, -0.05) is 44.2 Å². The van der Waals surface area contributed by atoms with Gasteiger partial charge in [0.15, 0.2) is 0 Å². The van der Waals surface area contributed by atoms with Crippen molar-refractivity contribution < 1.29 is 15.0 Å². The predicted octanol–water partition coefficient (Wildman–Crippen LogP) is 1.42. The number of carboxylic acid groups (broad SMARTS) is 1. The van der Waals surface area contributed by atoms with E-state index in [0.717, 1.165) is 5.56 Å². The summed E-state index contributed by atoms with van der Waals surface area (Å²) < 4.78 is 0. The largest absolute Gasteiger partial charge is 0.480 e. The highest BCUT2D eigenvalue weighted by Gasteiger charge is 2.23. The maximum Gasteiger partial charge on any atom is 0.317 e. The van der Waals surface area contributed by atoms with Gasteiger partial charge in [-0.3, -0.25) is 4.79 Å². The van der Waals surface area contributed by atoms with E-state index in [4.69, 9.17) is 5.11 Å². The van der Waals surface area contributed by atoms with Gasteiger partial charge in [0.25, 0.3) is 0 Å². The molecule has 0 aliphatic heterocycles. The fourth-order valence-electron chi connectivity index (χ4n) is 1.77. The minimum Gasteiger partial charge on any atom is -0.480 e. The first kappa shape index (κ1) is 13.7. The lowest BCUT2D eigenvalue weighted by atomic mass is 9.93. The quantitative estimate of drug-likeness (QED) is 0.700. The summed E-state index contributed by atoms with van der Waals surface area (Å²) in [5.74, 6) is -0.777. The third-order valence-corrected chi connectivity index (χ3v) is 2.69. The van der Waals surface area contributed by atoms with Gasteiger partial charge < -0.3 is 15.5 Å². The average Bonchev–Trinajstić information content (AvgIpc) is 2.29. The predicted molar refractivity (Wildman–Crippen MR) is 65.7 cm³/mol. The highest BCUT2D eigenvalue weighted by molar-refractivity contribution is 5.69. The van der Waals surface area contributed by atoms with E-state index in [1.165, 1.54) is 0 Å². The smallest absolute Gasteiger partial charge is 0.317 e. The van der Waals surface area contributed by atoms with Gasteiger partial charge in [-0.2, -0.15) is 0 Å². The lowest BCUT2D eigenvalue weighted by Gasteiger charge is -2.27. The highest BCUT2D eigenvalue weighted by atomic mass is 16.4. The molecule has 0 aliphatic carbocycles. The SMILES string of the molecule is CC(C)C(NCC(=O)O)C(O)c1ccccc1. The minimum atomic E-state index is -0.920. The van der Waals surface area contributed by atoms with Crippen LogP contribution in [0.1, 0.15) is 25.5 Å². The number of carbonyl (C=O) groups is 1. The topological polar surface area (TPSA) is 69.6 Å². The minimum absolute atomic E-state index is 0.143. The van der Waals surface area contributed by atoms with Crippen LogP contribution in [0.5, 0.6) is 0 Å². The molecule has 17 heavy (non-hydrogen) atoms. The number of carboxylic acids is 1. The molecular formula is C13H19NO3. The molecule has 0 saturated carbocycles. The van der Waals surface area contributed by atoms with Crippen LogP contribution in [0.15, 0.2) is 30.3 Å². The molecule has 0 radical (unpaired) electrons. The van der Waals surface area contributed by atoms with Crippen molar-refractivity contribution in [2.75, 3.05) is 6.54 Å². The number of benzene rings is 1. The van der Waals surface area contributed by atoms with Crippen LogP contribution in [0, 0.1) is 5.92 Å². The number of hydrogen-bond donors (Lipinski definition) is 3. The summed E-state index contributed by atoms with van der Waals surface area (Å²) in [4.78, 5) is 10.5. The lowest BCUT2D eigenvalue weighted by molar-refractivity contribution is -0.136. The molecule has 4 nitrogen and oxygen atoms in total. The van der Waals surface area contributed by atoms with Gasteiger partial charge in [0.2, 0.25) is 0 Å². The maximum absolute atomic E-state index is 10.5. The van der Waals surface area contributed by atoms with Crippen LogP contribution in [0.4, 0.5) is 0 Å². The van der Waals surface area contributed by atoms with Gasteiger partial charge in [0, 0.05) is 6.04 Å². The summed E-state index contributed by atoms with van der Waals surface area (Å²) >= 11 is 0. The number of hydrogen-bond acceptors (Lipinski definition) is 3. The normalized spacial score (nSPS) is 14.6. The van der Waals surface area contributed by atoms with Gasteiger partial charge in [0.05, 0.1) is 12.6 Å². The second kappa shape index (κ2) is 6.37. The Morgan fingerprint density at radius 1 is 1.29 bits per heavy atom. The molecule has 94 valence electrons. The van der Waals surface area contributed by atoms with Gasteiger partial charge in [-0.05, 0) is 11.5 Å². The van der Waals surface area contributed by atoms with Crippen LogP contribution in [-0.4, -0.2) is 28.8 Å². The van der Waals surface area contributed by atoms with E-state index >= 15 is 0 Å². The molecule has 1 rings (SSSR count). The van der Waals surface area contributed by atoms with Crippen molar-refractivity contribution >= 4 is 5.97 Å². The van der Waals surface area contributed by atoms with E-state index in [-0.39, 0.29) is 18.5 Å². The van der Waals surface area contributed by atoms with Gasteiger partial charge in [0.1, 0.15) is 0 Å². The number of aliphatic hydroxyl groups excluding tert-OH is 1. The Labute approximate surface area is 101 Å². The van der Waals surface area contributed by atoms with Crippen molar-refractivity contribution in [1.29, 1.82) is 0 Å². The molecule has 4 heteroatoms. The Morgan fingerprint density at radius 2 is 1.88 bits per heavy atom. The fraction of sp³-hybridized carbons (Fsp3) is 0.462. The summed E-state index contributed by atoms with van der Waals surface area (Å²) in [6, 6.07) is 8.99. The van der Waals surface area contributed by atoms with E-state index in [2.05, 4.69) is 5.32 Å². The Bertz CT molecular complexity index is 351. The second-order valence-electron chi connectivity index (χ2n) is 4.40. The first-order valence-corrected chi connectivity index (χ1v) is 5.70. The van der Waals surface area contributed by atoms with Crippen molar-refractivity contribution in [3.8, 4) is 0 Å². The Balaban J connectivity index is 2.73. The second-order valence-corrected chi connectivity index (χ2v) is 4.40. The van der Waals surface area contributed by atoms with E-state index in [1.54, 1.807) is 0 Å². The lowest BCUT2D eigenvalue weighted by Crippen LogP contribution is -2.41. The summed E-state index contributed by atoms with van der Waals surface area (Å²) in [7, 11) is 0. The standard InChI is InChI=1S/C13H19NO3/c1-9(2)12(14-8-11(15)16)13(17)10-6-4-3-5-7-10/h3-7,9,12-14,17H,8H2,1-2H3,(H,15,16). The summed E-state index contributed by atoms with van der Waals surface area (Å²) in [6.45, 7) is 3.75. The molecule has 2 atom stereocenters. The molecule has 0 aliphatic rings. The number of nitrogens with one attached hydrogen (secondary N) is 1. The number of rotatable bonds is 6. The third-order valence-electron chi connectivity index (χ3n) is 2.69. The van der Waals surface area contributed by atoms with Gasteiger partial charge in [-0.15, -0.1) is 0 Å². The van der Waals surface area contributed by atoms with E-state index in [1.807, 2.05) is 44.2 Å². The molecule has 1 aromatic rings. The molecule has 0 fully saturated rings. The molecular weight excluding hydrogens is 218 g/mol. The monoisotopic (exact) mass is 237 g/mol. The van der Waals surface area contributed by atoms with Crippen molar-refractivity contribution in [2.45, 2.75) is 26.0 Å². The summed E-state index contributed by atoms with van der Waals surface area (Å²) in [5, 5.41) is 21.7. The molecule has 0 heterocycles. The molecule has 0 saturated heterocycles. The third kappa shape index (κ3) is 4.17. The molecule has 0 spiro atoms. The molecule has 2 unspecified atom stereocenters. The summed E-state index contributed by atoms with van der Waals surface area (Å²) in [6.07, 6.45) is -0.699. The van der Waals surface area contributed by atoms with Crippen LogP contribution >= 0.6 is 0 Å². The van der Waals surface area contributed by atoms with Crippen molar-refractivity contribution in [2.24, 2.45) is 5.92 Å². The van der Waals surface area contributed by atoms with E-state index in [9.17, 15) is 9.90 Å². The zero-order valence-corrected chi connectivity index (χ0v) is 10.1. The Kier molecular flexibility index (Phi) is 5.12. The summed E-state index contributed by atoms with van der Waals surface area (Å²) in [5.41, 5.74) is 0.795. The van der Waals surface area contributed by atoms with E-state index < -0.39 is 12.1 Å². The number of aliphatic hydroxyl groups is 1. The molecule has 1 aromatic carbocycles. The van der Waals surface area contributed by atoms with Crippen LogP contribution in [0.25, 0.3) is 0 Å². The van der Waals surface area contributed by atoms with Crippen molar-refractivity contribution in [3.63, 3.8) is 0 Å². The van der Waals surface area contributed by atoms with E-state index in [0.29, 0.717) is 0 Å². The van der Waals surface area contributed by atoms with Crippen molar-refractivity contribution in [3.05, 3.63) is 35.9 Å². The number of aliphatic carboxylic acids is 1. The van der Waals surface area contributed by atoms with Crippen LogP contribution < -0.4 is 5.32 Å². The van der Waals surface area contributed by atoms with Crippen LogP contribution in [0.3, 0.4) is 0 Å². The fourth-order valence-corrected chi connectivity index (χ4v) is 1.77. The highest BCUT2D eigenvalue weighted by Crippen LogP contribution is 2.21. The molecule has 0 bridgehead atoms. The van der Waals surface area contributed by atoms with Gasteiger partial charge in [-0.25, -0.2) is 0 Å². The first-order valence-electron chi connectivity index (χ1n) is 5.70. The maximum atomic E-state index is 10.5. The first-order chi connectivity index (χ1) is 8.02. The zero-order valence-electron chi connectivity index (χ0n) is 10.1. The van der Waals surface area contributed by atoms with Crippen LogP contribution in [0.2, 0.25) is 0 Å². The molecule has 3 N–H and O–H groups in total. The Morgan fingerprint density at radius 3 is 2.35 bits per heavy atom. The van der Waals surface area contributed by atoms with Crippen LogP contribution in [-0.2, 0) is 4.79 Å². The Hall–Kier alpha value is -1.39.